The number of amides is 1. The molecule has 0 aliphatic carbocycles. The van der Waals surface area contributed by atoms with Gasteiger partial charge in [-0.15, -0.1) is 0 Å². The summed E-state index contributed by atoms with van der Waals surface area (Å²) in [7, 11) is -4.42. The molecule has 0 aliphatic heterocycles. The summed E-state index contributed by atoms with van der Waals surface area (Å²) in [5.74, 6) is -1.54. The zero-order chi connectivity index (χ0) is 31.3. The lowest BCUT2D eigenvalue weighted by Crippen LogP contribution is -2.50. The Balaban J connectivity index is 3.83. The number of aliphatic hydroxyl groups is 2. The topological polar surface area (TPSA) is 124 Å². The van der Waals surface area contributed by atoms with E-state index in [0.29, 0.717) is 6.42 Å². The summed E-state index contributed by atoms with van der Waals surface area (Å²) < 4.78 is 32.0. The van der Waals surface area contributed by atoms with Crippen LogP contribution >= 0.6 is 0 Å². The highest BCUT2D eigenvalue weighted by atomic mass is 32.2. The molecule has 0 saturated heterocycles. The van der Waals surface area contributed by atoms with Gasteiger partial charge in [-0.3, -0.25) is 9.35 Å². The first-order chi connectivity index (χ1) is 20.2. The molecule has 7 nitrogen and oxygen atoms in total. The molecule has 0 saturated carbocycles. The molecule has 0 aromatic rings. The smallest absolute Gasteiger partial charge is 0.267 e. The van der Waals surface area contributed by atoms with E-state index in [4.69, 9.17) is 0 Å². The first kappa shape index (κ1) is 41.0. The predicted molar refractivity (Wildman–Crippen MR) is 176 cm³/mol. The maximum Gasteiger partial charge on any atom is 0.267 e. The van der Waals surface area contributed by atoms with E-state index < -0.39 is 40.0 Å². The van der Waals surface area contributed by atoms with E-state index in [-0.39, 0.29) is 6.42 Å². The van der Waals surface area contributed by atoms with E-state index in [9.17, 15) is 28.0 Å². The number of carbonyl (C=O) groups excluding carboxylic acids is 1. The van der Waals surface area contributed by atoms with Crippen LogP contribution in [0.2, 0.25) is 0 Å². The average molecular weight is 618 g/mol. The van der Waals surface area contributed by atoms with Crippen LogP contribution in [-0.2, 0) is 14.9 Å². The Morgan fingerprint density at radius 3 is 1.43 bits per heavy atom. The van der Waals surface area contributed by atoms with Crippen molar-refractivity contribution in [3.8, 4) is 0 Å². The molecule has 0 fully saturated rings. The first-order valence-corrected chi connectivity index (χ1v) is 19.1. The van der Waals surface area contributed by atoms with E-state index in [2.05, 4.69) is 19.2 Å². The molecule has 0 bridgehead atoms. The fraction of sp³-hybridized carbons (Fsp3) is 0.912. The van der Waals surface area contributed by atoms with Crippen LogP contribution in [0.25, 0.3) is 0 Å². The van der Waals surface area contributed by atoms with Crippen molar-refractivity contribution in [1.29, 1.82) is 0 Å². The zero-order valence-electron chi connectivity index (χ0n) is 27.2. The molecule has 0 aromatic heterocycles. The van der Waals surface area contributed by atoms with Crippen LogP contribution in [0.4, 0.5) is 0 Å². The molecule has 0 heterocycles. The molecule has 250 valence electrons. The van der Waals surface area contributed by atoms with Gasteiger partial charge in [0.1, 0.15) is 6.10 Å². The van der Waals surface area contributed by atoms with Gasteiger partial charge in [0.05, 0.1) is 17.9 Å². The van der Waals surface area contributed by atoms with Crippen LogP contribution in [0.5, 0.6) is 0 Å². The van der Waals surface area contributed by atoms with Crippen LogP contribution in [-0.4, -0.2) is 53.1 Å². The lowest BCUT2D eigenvalue weighted by Gasteiger charge is -2.22. The Morgan fingerprint density at radius 1 is 0.643 bits per heavy atom. The molecule has 4 N–H and O–H groups in total. The fourth-order valence-electron chi connectivity index (χ4n) is 5.34. The molecule has 1 amide bonds. The zero-order valence-corrected chi connectivity index (χ0v) is 28.1. The number of unbranched alkanes of at least 4 members (excludes halogenated alkanes) is 22. The van der Waals surface area contributed by atoms with Crippen molar-refractivity contribution < 1.29 is 28.0 Å². The van der Waals surface area contributed by atoms with Crippen molar-refractivity contribution in [1.82, 2.24) is 5.32 Å². The summed E-state index contributed by atoms with van der Waals surface area (Å²) >= 11 is 0. The highest BCUT2D eigenvalue weighted by Crippen LogP contribution is 2.15. The Bertz CT molecular complexity index is 742. The van der Waals surface area contributed by atoms with Gasteiger partial charge in [-0.05, 0) is 19.3 Å². The number of rotatable bonds is 31. The molecular formula is C34H67NO6S. The monoisotopic (exact) mass is 617 g/mol. The number of hydrogen-bond donors (Lipinski definition) is 4. The van der Waals surface area contributed by atoms with Crippen LogP contribution in [0.3, 0.4) is 0 Å². The molecule has 3 unspecified atom stereocenters. The fourth-order valence-corrected chi connectivity index (χ4v) is 6.07. The van der Waals surface area contributed by atoms with Gasteiger partial charge in [-0.1, -0.05) is 167 Å². The molecule has 0 aliphatic rings. The van der Waals surface area contributed by atoms with Crippen LogP contribution in [0.15, 0.2) is 12.2 Å². The second kappa shape index (κ2) is 28.8. The molecule has 0 rings (SSSR count). The van der Waals surface area contributed by atoms with Gasteiger partial charge < -0.3 is 15.5 Å². The molecular weight excluding hydrogens is 550 g/mol. The van der Waals surface area contributed by atoms with Gasteiger partial charge in [0.2, 0.25) is 5.91 Å². The van der Waals surface area contributed by atoms with Gasteiger partial charge in [0, 0.05) is 0 Å². The summed E-state index contributed by atoms with van der Waals surface area (Å²) in [5, 5.41) is 23.0. The summed E-state index contributed by atoms with van der Waals surface area (Å²) in [6.07, 6.45) is 30.5. The quantitative estimate of drug-likeness (QED) is 0.0352. The highest BCUT2D eigenvalue weighted by molar-refractivity contribution is 7.85. The van der Waals surface area contributed by atoms with Crippen LogP contribution in [0.1, 0.15) is 174 Å². The molecule has 0 spiro atoms. The first-order valence-electron chi connectivity index (χ1n) is 17.5. The van der Waals surface area contributed by atoms with Crippen molar-refractivity contribution in [3.63, 3.8) is 0 Å². The minimum absolute atomic E-state index is 0.284. The molecule has 0 radical (unpaired) electrons. The third-order valence-corrected chi connectivity index (χ3v) is 8.85. The van der Waals surface area contributed by atoms with E-state index in [0.717, 1.165) is 44.9 Å². The van der Waals surface area contributed by atoms with Gasteiger partial charge in [0.15, 0.2) is 0 Å². The normalized spacial score (nSPS) is 14.3. The second-order valence-electron chi connectivity index (χ2n) is 12.3. The third kappa shape index (κ3) is 27.8. The van der Waals surface area contributed by atoms with Gasteiger partial charge in [-0.25, -0.2) is 0 Å². The number of carbonyl (C=O) groups is 1. The lowest BCUT2D eigenvalue weighted by molar-refractivity contribution is -0.130. The van der Waals surface area contributed by atoms with E-state index in [1.807, 2.05) is 0 Å². The molecule has 0 aromatic carbocycles. The molecule has 3 atom stereocenters. The van der Waals surface area contributed by atoms with Gasteiger partial charge in [0.25, 0.3) is 10.1 Å². The Morgan fingerprint density at radius 2 is 1.02 bits per heavy atom. The maximum atomic E-state index is 12.4. The molecule has 8 heteroatoms. The predicted octanol–water partition coefficient (Wildman–Crippen LogP) is 8.43. The SMILES string of the molecule is CCCCC/C=C/C(O)C(CS(=O)(=O)O)NC(=O)C(O)CCCCCCCCCCCCCCCCCCCCCC. The lowest BCUT2D eigenvalue weighted by atomic mass is 10.0. The van der Waals surface area contributed by atoms with E-state index in [1.165, 1.54) is 109 Å². The summed E-state index contributed by atoms with van der Waals surface area (Å²) in [5.41, 5.74) is 0. The Kier molecular flexibility index (Phi) is 28.1. The Labute approximate surface area is 259 Å². The standard InChI is InChI=1S/C34H67NO6S/c1-3-5-7-9-10-11-12-13-14-15-16-17-18-19-20-21-22-23-25-27-29-33(37)34(38)35-31(30-42(39,40)41)32(36)28-26-24-8-6-4-2/h26,28,31-33,36-37H,3-25,27,29-30H2,1-2H3,(H,35,38)(H,39,40,41)/b28-26+. The van der Waals surface area contributed by atoms with Gasteiger partial charge >= 0.3 is 0 Å². The van der Waals surface area contributed by atoms with Crippen molar-refractivity contribution in [2.45, 2.75) is 193 Å². The van der Waals surface area contributed by atoms with Crippen molar-refractivity contribution >= 4 is 16.0 Å². The van der Waals surface area contributed by atoms with Crippen LogP contribution < -0.4 is 5.32 Å². The molecule has 42 heavy (non-hydrogen) atoms. The van der Waals surface area contributed by atoms with E-state index in [1.54, 1.807) is 6.08 Å². The minimum Gasteiger partial charge on any atom is -0.387 e. The third-order valence-electron chi connectivity index (χ3n) is 8.07. The van der Waals surface area contributed by atoms with Crippen molar-refractivity contribution in [2.75, 3.05) is 5.75 Å². The van der Waals surface area contributed by atoms with Crippen LogP contribution in [0, 0.1) is 0 Å². The number of aliphatic hydroxyl groups excluding tert-OH is 2. The second-order valence-corrected chi connectivity index (χ2v) is 13.8. The number of hydrogen-bond acceptors (Lipinski definition) is 5. The summed E-state index contributed by atoms with van der Waals surface area (Å²) in [6.45, 7) is 4.36. The van der Waals surface area contributed by atoms with Crippen molar-refractivity contribution in [3.05, 3.63) is 12.2 Å². The summed E-state index contributed by atoms with van der Waals surface area (Å²) in [4.78, 5) is 12.4. The maximum absolute atomic E-state index is 12.4. The number of nitrogens with one attached hydrogen (secondary N) is 1. The van der Waals surface area contributed by atoms with Gasteiger partial charge in [-0.2, -0.15) is 8.42 Å². The van der Waals surface area contributed by atoms with Crippen molar-refractivity contribution in [2.24, 2.45) is 0 Å². The number of allylic oxidation sites excluding steroid dienone is 1. The Hall–Kier alpha value is -0.960. The largest absolute Gasteiger partial charge is 0.387 e. The average Bonchev–Trinajstić information content (AvgIpc) is 2.94. The van der Waals surface area contributed by atoms with E-state index >= 15 is 0 Å². The minimum atomic E-state index is -4.42. The highest BCUT2D eigenvalue weighted by Gasteiger charge is 2.27. The summed E-state index contributed by atoms with van der Waals surface area (Å²) in [6, 6.07) is -1.22.